The molecular formula is C28H36BrN7O5S. The van der Waals surface area contributed by atoms with Crippen LogP contribution in [0.5, 0.6) is 11.5 Å². The summed E-state index contributed by atoms with van der Waals surface area (Å²) in [6.45, 7) is 9.82. The minimum atomic E-state index is -1.11. The van der Waals surface area contributed by atoms with E-state index in [-0.39, 0.29) is 23.6 Å². The summed E-state index contributed by atoms with van der Waals surface area (Å²) in [7, 11) is 0. The van der Waals surface area contributed by atoms with Crippen LogP contribution in [0.3, 0.4) is 0 Å². The monoisotopic (exact) mass is 661 g/mol. The van der Waals surface area contributed by atoms with E-state index in [4.69, 9.17) is 19.9 Å². The van der Waals surface area contributed by atoms with Crippen molar-refractivity contribution in [2.75, 3.05) is 19.9 Å². The lowest BCUT2D eigenvalue weighted by atomic mass is 9.78. The van der Waals surface area contributed by atoms with E-state index in [0.717, 1.165) is 28.6 Å². The quantitative estimate of drug-likeness (QED) is 0.267. The second kappa shape index (κ2) is 12.2. The summed E-state index contributed by atoms with van der Waals surface area (Å²) in [5.74, 6) is 1.34. The summed E-state index contributed by atoms with van der Waals surface area (Å²) in [5, 5.41) is 20.8. The third-order valence-electron chi connectivity index (χ3n) is 7.94. The number of fused-ring (bicyclic) bond motifs is 2. The van der Waals surface area contributed by atoms with E-state index in [1.54, 1.807) is 6.33 Å². The van der Waals surface area contributed by atoms with Crippen LogP contribution >= 0.6 is 27.7 Å². The van der Waals surface area contributed by atoms with Gasteiger partial charge in [-0.05, 0) is 58.7 Å². The lowest BCUT2D eigenvalue weighted by molar-refractivity contribution is -0.138. The molecule has 0 radical (unpaired) electrons. The molecule has 3 aromatic rings. The minimum absolute atomic E-state index is 0.0101. The first-order valence-corrected chi connectivity index (χ1v) is 15.6. The SMILES string of the molecule is C[C@@H](C(=O)N1CCC(CCn2cnc(=N)c3[nH]c(Sc4cc5c(cc4Br)OCO5)nc32)CC1)C(NC(=O)O)C(C)(C)C. The number of aromatic nitrogens is 4. The maximum atomic E-state index is 13.3. The van der Waals surface area contributed by atoms with Crippen LogP contribution in [0, 0.1) is 22.7 Å². The number of halogens is 1. The fourth-order valence-electron chi connectivity index (χ4n) is 5.67. The Morgan fingerprint density at radius 2 is 1.95 bits per heavy atom. The molecule has 4 N–H and O–H groups in total. The topological polar surface area (TPSA) is 158 Å². The molecule has 2 aliphatic heterocycles. The van der Waals surface area contributed by atoms with E-state index in [0.29, 0.717) is 53.4 Å². The third-order valence-corrected chi connectivity index (χ3v) is 9.80. The molecular weight excluding hydrogens is 626 g/mol. The number of imidazole rings is 1. The third kappa shape index (κ3) is 6.54. The highest BCUT2D eigenvalue weighted by atomic mass is 79.9. The Balaban J connectivity index is 1.21. The van der Waals surface area contributed by atoms with Crippen LogP contribution in [0.15, 0.2) is 33.0 Å². The number of nitrogens with zero attached hydrogens (tertiary/aromatic N) is 4. The molecule has 4 heterocycles. The highest BCUT2D eigenvalue weighted by Gasteiger charge is 2.37. The van der Waals surface area contributed by atoms with Crippen LogP contribution in [-0.2, 0) is 11.3 Å². The number of H-pyrrole nitrogens is 1. The van der Waals surface area contributed by atoms with Gasteiger partial charge < -0.3 is 34.3 Å². The van der Waals surface area contributed by atoms with E-state index in [9.17, 15) is 14.7 Å². The predicted molar refractivity (Wildman–Crippen MR) is 160 cm³/mol. The molecule has 1 saturated heterocycles. The van der Waals surface area contributed by atoms with Crippen molar-refractivity contribution < 1.29 is 24.2 Å². The molecule has 0 saturated carbocycles. The van der Waals surface area contributed by atoms with E-state index in [2.05, 4.69) is 31.2 Å². The molecule has 0 spiro atoms. The summed E-state index contributed by atoms with van der Waals surface area (Å²) in [6.07, 6.45) is 3.19. The van der Waals surface area contributed by atoms with Crippen molar-refractivity contribution in [3.63, 3.8) is 0 Å². The summed E-state index contributed by atoms with van der Waals surface area (Å²) < 4.78 is 13.8. The van der Waals surface area contributed by atoms with Crippen molar-refractivity contribution in [1.29, 1.82) is 5.41 Å². The van der Waals surface area contributed by atoms with Crippen LogP contribution in [0.4, 0.5) is 4.79 Å². The maximum absolute atomic E-state index is 13.3. The molecule has 1 aromatic carbocycles. The van der Waals surface area contributed by atoms with Crippen LogP contribution in [0.25, 0.3) is 11.2 Å². The van der Waals surface area contributed by atoms with Gasteiger partial charge in [-0.2, -0.15) is 0 Å². The Labute approximate surface area is 256 Å². The first-order chi connectivity index (χ1) is 19.9. The van der Waals surface area contributed by atoms with Gasteiger partial charge in [0.05, 0.1) is 12.2 Å². The van der Waals surface area contributed by atoms with Gasteiger partial charge in [0, 0.05) is 35.0 Å². The second-order valence-corrected chi connectivity index (χ2v) is 13.8. The van der Waals surface area contributed by atoms with Gasteiger partial charge in [0.1, 0.15) is 5.52 Å². The molecule has 2 aromatic heterocycles. The van der Waals surface area contributed by atoms with E-state index >= 15 is 0 Å². The molecule has 14 heteroatoms. The zero-order valence-electron chi connectivity index (χ0n) is 24.1. The summed E-state index contributed by atoms with van der Waals surface area (Å²) >= 11 is 5.02. The van der Waals surface area contributed by atoms with Gasteiger partial charge in [-0.1, -0.05) is 39.5 Å². The molecule has 5 rings (SSSR count). The normalized spacial score (nSPS) is 16.9. The lowest BCUT2D eigenvalue weighted by Crippen LogP contribution is -2.53. The van der Waals surface area contributed by atoms with Gasteiger partial charge in [0.2, 0.25) is 12.7 Å². The molecule has 0 bridgehead atoms. The lowest BCUT2D eigenvalue weighted by Gasteiger charge is -2.39. The molecule has 2 amide bonds. The number of benzene rings is 1. The minimum Gasteiger partial charge on any atom is -0.465 e. The van der Waals surface area contributed by atoms with Crippen molar-refractivity contribution in [3.8, 4) is 11.5 Å². The largest absolute Gasteiger partial charge is 0.465 e. The van der Waals surface area contributed by atoms with Gasteiger partial charge in [-0.3, -0.25) is 10.2 Å². The molecule has 2 atom stereocenters. The fraction of sp³-hybridized carbons (Fsp3) is 0.536. The standard InChI is InChI=1S/C28H36BrN7O5S/c1-15(22(28(2,3)4)33-27(38)39)25(37)35-8-5-16(6-9-35)7-10-36-13-31-23(30)21-24(36)34-26(32-21)42-20-12-19-18(11-17(20)29)40-14-41-19/h11-13,15-16,22,30,33H,5-10,14H2,1-4H3,(H,32,34)(H,38,39)/t15-,22?/m1/s1. The molecule has 226 valence electrons. The zero-order valence-corrected chi connectivity index (χ0v) is 26.5. The van der Waals surface area contributed by atoms with Crippen molar-refractivity contribution in [1.82, 2.24) is 29.7 Å². The van der Waals surface area contributed by atoms with Crippen LogP contribution in [0.1, 0.15) is 47.0 Å². The van der Waals surface area contributed by atoms with Gasteiger partial charge >= 0.3 is 6.09 Å². The molecule has 0 aliphatic carbocycles. The van der Waals surface area contributed by atoms with Crippen molar-refractivity contribution in [2.24, 2.45) is 17.3 Å². The number of carbonyl (C=O) groups is 2. The van der Waals surface area contributed by atoms with Gasteiger partial charge in [-0.25, -0.2) is 14.8 Å². The first kappa shape index (κ1) is 30.2. The average Bonchev–Trinajstić information content (AvgIpc) is 3.58. The number of nitrogens with one attached hydrogen (secondary N) is 3. The van der Waals surface area contributed by atoms with Gasteiger partial charge in [0.15, 0.2) is 27.8 Å². The number of rotatable bonds is 8. The number of carboxylic acid groups (broad SMARTS) is 1. The van der Waals surface area contributed by atoms with Crippen LogP contribution < -0.4 is 20.3 Å². The van der Waals surface area contributed by atoms with Crippen molar-refractivity contribution >= 4 is 50.9 Å². The average molecular weight is 663 g/mol. The molecule has 1 fully saturated rings. The molecule has 2 aliphatic rings. The maximum Gasteiger partial charge on any atom is 0.404 e. The van der Waals surface area contributed by atoms with Crippen LogP contribution in [-0.4, -0.2) is 67.5 Å². The number of likely N-dealkylation sites (tertiary alicyclic amines) is 1. The van der Waals surface area contributed by atoms with Crippen molar-refractivity contribution in [3.05, 3.63) is 28.4 Å². The number of hydrogen-bond acceptors (Lipinski definition) is 8. The highest BCUT2D eigenvalue weighted by molar-refractivity contribution is 9.10. The Morgan fingerprint density at radius 3 is 2.62 bits per heavy atom. The fourth-order valence-corrected chi connectivity index (χ4v) is 7.06. The molecule has 1 unspecified atom stereocenters. The Bertz CT molecular complexity index is 1540. The second-order valence-electron chi connectivity index (χ2n) is 11.9. The predicted octanol–water partition coefficient (Wildman–Crippen LogP) is 4.83. The van der Waals surface area contributed by atoms with E-state index in [1.165, 1.54) is 11.8 Å². The number of aryl methyl sites for hydroxylation is 1. The number of piperidine rings is 1. The number of ether oxygens (including phenoxy) is 2. The molecule has 42 heavy (non-hydrogen) atoms. The molecule has 12 nitrogen and oxygen atoms in total. The van der Waals surface area contributed by atoms with Gasteiger partial charge in [-0.15, -0.1) is 0 Å². The Morgan fingerprint density at radius 1 is 1.26 bits per heavy atom. The number of aromatic amines is 1. The smallest absolute Gasteiger partial charge is 0.404 e. The van der Waals surface area contributed by atoms with E-state index < -0.39 is 18.1 Å². The Kier molecular flexibility index (Phi) is 8.74. The summed E-state index contributed by atoms with van der Waals surface area (Å²) in [6, 6.07) is 3.30. The number of hydrogen-bond donors (Lipinski definition) is 4. The zero-order chi connectivity index (χ0) is 30.2. The van der Waals surface area contributed by atoms with Crippen molar-refractivity contribution in [2.45, 2.75) is 69.6 Å². The number of amides is 2. The summed E-state index contributed by atoms with van der Waals surface area (Å²) in [5.41, 5.74) is 1.00. The van der Waals surface area contributed by atoms with Crippen LogP contribution in [0.2, 0.25) is 0 Å². The Hall–Kier alpha value is -3.26. The van der Waals surface area contributed by atoms with E-state index in [1.807, 2.05) is 49.3 Å². The summed E-state index contributed by atoms with van der Waals surface area (Å²) in [4.78, 5) is 39.7. The first-order valence-electron chi connectivity index (χ1n) is 14.0. The van der Waals surface area contributed by atoms with Gasteiger partial charge in [0.25, 0.3) is 0 Å². The number of carbonyl (C=O) groups excluding carboxylic acids is 1. The highest BCUT2D eigenvalue weighted by Crippen LogP contribution is 2.42.